The molecule has 2 aromatic rings. The van der Waals surface area contributed by atoms with Crippen molar-refractivity contribution in [2.45, 2.75) is 33.6 Å². The van der Waals surface area contributed by atoms with Gasteiger partial charge in [0, 0.05) is 31.7 Å². The number of amides is 1. The molecule has 0 aliphatic heterocycles. The lowest BCUT2D eigenvalue weighted by Gasteiger charge is -2.24. The van der Waals surface area contributed by atoms with Crippen LogP contribution in [0.3, 0.4) is 0 Å². The second kappa shape index (κ2) is 9.38. The Morgan fingerprint density at radius 2 is 2.08 bits per heavy atom. The van der Waals surface area contributed by atoms with Gasteiger partial charge in [0.15, 0.2) is 0 Å². The molecule has 6 nitrogen and oxygen atoms in total. The molecule has 1 heterocycles. The molecule has 1 amide bonds. The fraction of sp³-hybridized carbons (Fsp3) is 0.500. The average molecular weight is 361 g/mol. The maximum atomic E-state index is 13.1. The maximum Gasteiger partial charge on any atom is 0.308 e. The Morgan fingerprint density at radius 1 is 1.31 bits per heavy atom. The van der Waals surface area contributed by atoms with Crippen molar-refractivity contribution in [1.29, 1.82) is 0 Å². The predicted octanol–water partition coefficient (Wildman–Crippen LogP) is 3.58. The fourth-order valence-electron chi connectivity index (χ4n) is 2.82. The number of nitrogens with zero attached hydrogens (tertiary/aromatic N) is 1. The Kier molecular flexibility index (Phi) is 7.21. The number of benzene rings is 1. The second-order valence-corrected chi connectivity index (χ2v) is 6.37. The van der Waals surface area contributed by atoms with Crippen LogP contribution >= 0.6 is 0 Å². The van der Waals surface area contributed by atoms with Crippen molar-refractivity contribution in [2.24, 2.45) is 5.92 Å². The van der Waals surface area contributed by atoms with Gasteiger partial charge in [0.25, 0.3) is 5.91 Å². The summed E-state index contributed by atoms with van der Waals surface area (Å²) in [6.45, 7) is 7.32. The van der Waals surface area contributed by atoms with Gasteiger partial charge in [-0.1, -0.05) is 19.9 Å². The number of carboxylic acids is 1. The van der Waals surface area contributed by atoms with E-state index in [1.807, 2.05) is 25.1 Å². The van der Waals surface area contributed by atoms with Gasteiger partial charge in [-0.15, -0.1) is 0 Å². The normalized spacial score (nSPS) is 12.3. The van der Waals surface area contributed by atoms with E-state index < -0.39 is 11.9 Å². The Morgan fingerprint density at radius 3 is 2.73 bits per heavy atom. The number of hydrogen-bond donors (Lipinski definition) is 1. The largest absolute Gasteiger partial charge is 0.481 e. The molecule has 0 saturated heterocycles. The van der Waals surface area contributed by atoms with E-state index in [1.54, 1.807) is 11.8 Å². The van der Waals surface area contributed by atoms with E-state index in [9.17, 15) is 14.7 Å². The molecule has 1 aromatic heterocycles. The summed E-state index contributed by atoms with van der Waals surface area (Å²) < 4.78 is 10.9. The molecule has 0 spiro atoms. The van der Waals surface area contributed by atoms with E-state index in [0.717, 1.165) is 17.4 Å². The third kappa shape index (κ3) is 4.85. The van der Waals surface area contributed by atoms with Crippen LogP contribution in [0, 0.1) is 5.92 Å². The maximum absolute atomic E-state index is 13.1. The summed E-state index contributed by atoms with van der Waals surface area (Å²) >= 11 is 0. The summed E-state index contributed by atoms with van der Waals surface area (Å²) in [4.78, 5) is 25.9. The lowest BCUT2D eigenvalue weighted by Crippen LogP contribution is -2.38. The molecule has 0 aliphatic rings. The molecule has 142 valence electrons. The van der Waals surface area contributed by atoms with Crippen molar-refractivity contribution in [2.75, 3.05) is 26.3 Å². The number of rotatable bonds is 10. The van der Waals surface area contributed by atoms with Gasteiger partial charge >= 0.3 is 5.97 Å². The molecule has 26 heavy (non-hydrogen) atoms. The van der Waals surface area contributed by atoms with Gasteiger partial charge in [-0.25, -0.2) is 0 Å². The number of aliphatic carboxylic acids is 1. The van der Waals surface area contributed by atoms with Crippen LogP contribution in [0.25, 0.3) is 11.0 Å². The molecular weight excluding hydrogens is 334 g/mol. The van der Waals surface area contributed by atoms with Gasteiger partial charge in [0.2, 0.25) is 0 Å². The van der Waals surface area contributed by atoms with E-state index in [4.69, 9.17) is 9.15 Å². The van der Waals surface area contributed by atoms with Crippen LogP contribution in [-0.4, -0.2) is 48.2 Å². The van der Waals surface area contributed by atoms with E-state index in [0.29, 0.717) is 37.3 Å². The summed E-state index contributed by atoms with van der Waals surface area (Å²) in [6.07, 6.45) is 2.98. The molecule has 1 aromatic carbocycles. The first-order chi connectivity index (χ1) is 12.5. The lowest BCUT2D eigenvalue weighted by molar-refractivity contribution is -0.141. The van der Waals surface area contributed by atoms with Crippen molar-refractivity contribution < 1.29 is 23.8 Å². The van der Waals surface area contributed by atoms with Crippen molar-refractivity contribution in [1.82, 2.24) is 4.90 Å². The van der Waals surface area contributed by atoms with Crippen LogP contribution in [0.2, 0.25) is 0 Å². The number of carbonyl (C=O) groups excluding carboxylic acids is 1. The first-order valence-electron chi connectivity index (χ1n) is 9.07. The van der Waals surface area contributed by atoms with Crippen LogP contribution in [0.5, 0.6) is 0 Å². The van der Waals surface area contributed by atoms with Gasteiger partial charge in [-0.2, -0.15) is 0 Å². The number of ether oxygens (including phenoxy) is 1. The van der Waals surface area contributed by atoms with E-state index in [-0.39, 0.29) is 12.5 Å². The number of furan rings is 1. The molecule has 1 atom stereocenters. The summed E-state index contributed by atoms with van der Waals surface area (Å²) in [6, 6.07) is 5.81. The quantitative estimate of drug-likeness (QED) is 0.654. The molecule has 1 unspecified atom stereocenters. The Balaban J connectivity index is 2.24. The van der Waals surface area contributed by atoms with E-state index >= 15 is 0 Å². The van der Waals surface area contributed by atoms with Crippen LogP contribution < -0.4 is 0 Å². The summed E-state index contributed by atoms with van der Waals surface area (Å²) in [5, 5.41) is 9.98. The SMILES string of the molecule is CCOCCCN(CC(C)C(=O)O)C(=O)c1coc2ccc(CC)cc12. The Hall–Kier alpha value is -2.34. The summed E-state index contributed by atoms with van der Waals surface area (Å²) in [5.74, 6) is -1.77. The highest BCUT2D eigenvalue weighted by Crippen LogP contribution is 2.24. The molecule has 1 N–H and O–H groups in total. The van der Waals surface area contributed by atoms with Gasteiger partial charge in [0.1, 0.15) is 11.8 Å². The van der Waals surface area contributed by atoms with Gasteiger partial charge in [-0.05, 0) is 37.5 Å². The standard InChI is InChI=1S/C20H27NO5/c1-4-15-7-8-18-16(11-15)17(13-26-18)19(22)21(9-6-10-25-5-2)12-14(3)20(23)24/h7-8,11,13-14H,4-6,9-10,12H2,1-3H3,(H,23,24). The molecular formula is C20H27NO5. The predicted molar refractivity (Wildman–Crippen MR) is 99.4 cm³/mol. The smallest absolute Gasteiger partial charge is 0.308 e. The molecule has 0 fully saturated rings. The van der Waals surface area contributed by atoms with Crippen LogP contribution in [0.15, 0.2) is 28.9 Å². The van der Waals surface area contributed by atoms with Crippen molar-refractivity contribution in [3.63, 3.8) is 0 Å². The highest BCUT2D eigenvalue weighted by Gasteiger charge is 2.24. The second-order valence-electron chi connectivity index (χ2n) is 6.37. The number of aryl methyl sites for hydroxylation is 1. The van der Waals surface area contributed by atoms with Crippen LogP contribution in [0.1, 0.15) is 43.1 Å². The Bertz CT molecular complexity index is 752. The van der Waals surface area contributed by atoms with Crippen LogP contribution in [0.4, 0.5) is 0 Å². The minimum Gasteiger partial charge on any atom is -0.481 e. The number of carboxylic acid groups (broad SMARTS) is 1. The zero-order chi connectivity index (χ0) is 19.1. The lowest BCUT2D eigenvalue weighted by atomic mass is 10.1. The minimum atomic E-state index is -0.919. The zero-order valence-corrected chi connectivity index (χ0v) is 15.7. The van der Waals surface area contributed by atoms with Crippen molar-refractivity contribution in [3.8, 4) is 0 Å². The van der Waals surface area contributed by atoms with Crippen molar-refractivity contribution in [3.05, 3.63) is 35.6 Å². The monoisotopic (exact) mass is 361 g/mol. The first kappa shape index (κ1) is 20.0. The molecule has 0 radical (unpaired) electrons. The van der Waals surface area contributed by atoms with Gasteiger partial charge in [-0.3, -0.25) is 9.59 Å². The average Bonchev–Trinajstić information content (AvgIpc) is 3.06. The summed E-state index contributed by atoms with van der Waals surface area (Å²) in [5.41, 5.74) is 2.25. The number of hydrogen-bond acceptors (Lipinski definition) is 4. The zero-order valence-electron chi connectivity index (χ0n) is 15.7. The summed E-state index contributed by atoms with van der Waals surface area (Å²) in [7, 11) is 0. The molecule has 2 rings (SSSR count). The van der Waals surface area contributed by atoms with E-state index in [1.165, 1.54) is 6.26 Å². The van der Waals surface area contributed by atoms with Gasteiger partial charge in [0.05, 0.1) is 11.5 Å². The first-order valence-corrected chi connectivity index (χ1v) is 9.07. The number of fused-ring (bicyclic) bond motifs is 1. The van der Waals surface area contributed by atoms with Crippen LogP contribution in [-0.2, 0) is 16.0 Å². The third-order valence-electron chi connectivity index (χ3n) is 4.40. The topological polar surface area (TPSA) is 80.0 Å². The third-order valence-corrected chi connectivity index (χ3v) is 4.40. The van der Waals surface area contributed by atoms with Crippen molar-refractivity contribution >= 4 is 22.8 Å². The Labute approximate surface area is 153 Å². The molecule has 6 heteroatoms. The fourth-order valence-corrected chi connectivity index (χ4v) is 2.82. The molecule has 0 bridgehead atoms. The molecule has 0 aliphatic carbocycles. The number of carbonyl (C=O) groups is 2. The van der Waals surface area contributed by atoms with Gasteiger partial charge < -0.3 is 19.2 Å². The highest BCUT2D eigenvalue weighted by atomic mass is 16.5. The molecule has 0 saturated carbocycles. The minimum absolute atomic E-state index is 0.153. The highest BCUT2D eigenvalue weighted by molar-refractivity contribution is 6.06. The van der Waals surface area contributed by atoms with E-state index in [2.05, 4.69) is 6.92 Å².